The van der Waals surface area contributed by atoms with E-state index in [1.807, 2.05) is 27.7 Å². The maximum Gasteiger partial charge on any atom is 0.364 e. The summed E-state index contributed by atoms with van der Waals surface area (Å²) in [5.41, 5.74) is -2.57. The Morgan fingerprint density at radius 1 is 0.875 bits per heavy atom. The van der Waals surface area contributed by atoms with Gasteiger partial charge in [-0.05, 0) is 64.2 Å². The van der Waals surface area contributed by atoms with E-state index in [9.17, 15) is 24.3 Å². The molecule has 9 heteroatoms. The first-order chi connectivity index (χ1) is 18.7. The summed E-state index contributed by atoms with van der Waals surface area (Å²) in [4.78, 5) is 51.3. The van der Waals surface area contributed by atoms with E-state index < -0.39 is 40.9 Å². The molecule has 1 aromatic carbocycles. The Kier molecular flexibility index (Phi) is 13.8. The second kappa shape index (κ2) is 15.7. The van der Waals surface area contributed by atoms with Crippen LogP contribution in [0.25, 0.3) is 0 Å². The number of benzene rings is 1. The van der Waals surface area contributed by atoms with Crippen LogP contribution in [0, 0.1) is 17.3 Å². The SMILES string of the molecule is CCCC(C)C(=O)Oc1ccc(C[C@](NC(C)CC)(OC(=O)C(C)(C)CC)C(=O)O)cc1OC(=O)C(C)CCC. The van der Waals surface area contributed by atoms with Crippen molar-refractivity contribution < 1.29 is 38.5 Å². The van der Waals surface area contributed by atoms with Crippen molar-refractivity contribution >= 4 is 23.9 Å². The first kappa shape index (κ1) is 35.1. The van der Waals surface area contributed by atoms with Crippen LogP contribution in [0.2, 0.25) is 0 Å². The van der Waals surface area contributed by atoms with E-state index >= 15 is 0 Å². The molecule has 4 atom stereocenters. The van der Waals surface area contributed by atoms with Crippen molar-refractivity contribution in [3.8, 4) is 11.5 Å². The topological polar surface area (TPSA) is 128 Å². The number of esters is 3. The lowest BCUT2D eigenvalue weighted by Crippen LogP contribution is -2.60. The van der Waals surface area contributed by atoms with Crippen LogP contribution < -0.4 is 14.8 Å². The number of carboxylic acids is 1. The van der Waals surface area contributed by atoms with Gasteiger partial charge in [0.05, 0.1) is 17.3 Å². The molecule has 0 radical (unpaired) electrons. The minimum Gasteiger partial charge on any atom is -0.477 e. The van der Waals surface area contributed by atoms with Crippen LogP contribution in [0.1, 0.15) is 106 Å². The average molecular weight is 564 g/mol. The fourth-order valence-electron chi connectivity index (χ4n) is 3.87. The Hall–Kier alpha value is -2.94. The normalized spacial score (nSPS) is 15.3. The van der Waals surface area contributed by atoms with Crippen LogP contribution in [0.5, 0.6) is 11.5 Å². The van der Waals surface area contributed by atoms with Gasteiger partial charge in [0, 0.05) is 12.5 Å². The molecule has 0 bridgehead atoms. The van der Waals surface area contributed by atoms with Gasteiger partial charge < -0.3 is 19.3 Å². The number of carboxylic acid groups (broad SMARTS) is 1. The van der Waals surface area contributed by atoms with Crippen LogP contribution in [0.3, 0.4) is 0 Å². The monoisotopic (exact) mass is 563 g/mol. The predicted molar refractivity (Wildman–Crippen MR) is 153 cm³/mol. The largest absolute Gasteiger partial charge is 0.477 e. The van der Waals surface area contributed by atoms with Crippen molar-refractivity contribution in [1.82, 2.24) is 5.32 Å². The fraction of sp³-hybridized carbons (Fsp3) is 0.677. The number of carbonyl (C=O) groups excluding carboxylic acids is 3. The molecule has 0 heterocycles. The van der Waals surface area contributed by atoms with Gasteiger partial charge in [-0.15, -0.1) is 0 Å². The average Bonchev–Trinajstić information content (AvgIpc) is 2.89. The molecule has 0 aliphatic heterocycles. The van der Waals surface area contributed by atoms with Crippen molar-refractivity contribution in [2.45, 2.75) is 119 Å². The number of carbonyl (C=O) groups is 4. The number of ether oxygens (including phenoxy) is 3. The zero-order valence-corrected chi connectivity index (χ0v) is 25.7. The Balaban J connectivity index is 3.57. The number of nitrogens with one attached hydrogen (secondary N) is 1. The number of hydrogen-bond acceptors (Lipinski definition) is 8. The summed E-state index contributed by atoms with van der Waals surface area (Å²) < 4.78 is 17.0. The van der Waals surface area contributed by atoms with Gasteiger partial charge in [0.25, 0.3) is 5.72 Å². The Bertz CT molecular complexity index is 1020. The van der Waals surface area contributed by atoms with Crippen LogP contribution in [-0.4, -0.2) is 40.8 Å². The first-order valence-electron chi connectivity index (χ1n) is 14.5. The molecular weight excluding hydrogens is 514 g/mol. The predicted octanol–water partition coefficient (Wildman–Crippen LogP) is 6.06. The zero-order valence-electron chi connectivity index (χ0n) is 25.7. The molecule has 2 N–H and O–H groups in total. The van der Waals surface area contributed by atoms with Crippen molar-refractivity contribution in [3.05, 3.63) is 23.8 Å². The van der Waals surface area contributed by atoms with Crippen LogP contribution in [0.15, 0.2) is 18.2 Å². The highest BCUT2D eigenvalue weighted by atomic mass is 16.6. The number of aliphatic carboxylic acids is 1. The van der Waals surface area contributed by atoms with Gasteiger partial charge in [-0.2, -0.15) is 0 Å². The van der Waals surface area contributed by atoms with E-state index in [0.717, 1.165) is 12.8 Å². The van der Waals surface area contributed by atoms with Crippen molar-refractivity contribution in [2.24, 2.45) is 17.3 Å². The fourth-order valence-corrected chi connectivity index (χ4v) is 3.87. The van der Waals surface area contributed by atoms with Gasteiger partial charge in [0.15, 0.2) is 11.5 Å². The van der Waals surface area contributed by atoms with E-state index in [2.05, 4.69) is 5.32 Å². The highest BCUT2D eigenvalue weighted by Crippen LogP contribution is 2.33. The second-order valence-corrected chi connectivity index (χ2v) is 11.4. The molecule has 226 valence electrons. The van der Waals surface area contributed by atoms with Crippen molar-refractivity contribution in [1.29, 1.82) is 0 Å². The van der Waals surface area contributed by atoms with Crippen molar-refractivity contribution in [2.75, 3.05) is 0 Å². The Labute approximate surface area is 239 Å². The van der Waals surface area contributed by atoms with Gasteiger partial charge in [-0.1, -0.05) is 60.5 Å². The summed E-state index contributed by atoms with van der Waals surface area (Å²) in [5.74, 6) is -3.62. The minimum absolute atomic E-state index is 0.00513. The minimum atomic E-state index is -2.08. The quantitative estimate of drug-likeness (QED) is 0.132. The van der Waals surface area contributed by atoms with Crippen LogP contribution in [0.4, 0.5) is 0 Å². The lowest BCUT2D eigenvalue weighted by atomic mass is 9.90. The molecule has 3 unspecified atom stereocenters. The lowest BCUT2D eigenvalue weighted by Gasteiger charge is -2.35. The molecule has 0 aliphatic carbocycles. The molecule has 0 aromatic heterocycles. The summed E-state index contributed by atoms with van der Waals surface area (Å²) in [6, 6.07) is 4.24. The Morgan fingerprint density at radius 3 is 1.85 bits per heavy atom. The summed E-state index contributed by atoms with van der Waals surface area (Å²) in [6.45, 7) is 16.4. The van der Waals surface area contributed by atoms with E-state index in [0.29, 0.717) is 31.2 Å². The smallest absolute Gasteiger partial charge is 0.364 e. The molecule has 1 aromatic rings. The third kappa shape index (κ3) is 9.91. The molecule has 0 spiro atoms. The van der Waals surface area contributed by atoms with Crippen LogP contribution in [-0.2, 0) is 30.3 Å². The molecule has 1 rings (SSSR count). The molecule has 0 saturated heterocycles. The third-order valence-electron chi connectivity index (χ3n) is 7.27. The summed E-state index contributed by atoms with van der Waals surface area (Å²) in [5, 5.41) is 13.3. The van der Waals surface area contributed by atoms with Crippen LogP contribution >= 0.6 is 0 Å². The summed E-state index contributed by atoms with van der Waals surface area (Å²) >= 11 is 0. The number of hydrogen-bond donors (Lipinski definition) is 2. The molecule has 0 fully saturated rings. The van der Waals surface area contributed by atoms with Gasteiger partial charge in [-0.3, -0.25) is 19.7 Å². The summed E-state index contributed by atoms with van der Waals surface area (Å²) in [7, 11) is 0. The zero-order chi connectivity index (χ0) is 30.7. The standard InChI is InChI=1S/C31H49NO8/c1-10-14-20(5)26(33)38-24-17-16-23(18-25(24)39-27(34)21(6)15-11-2)19-31(28(35)36,32-22(7)12-3)40-29(37)30(8,9)13-4/h16-18,20-22,32H,10-15,19H2,1-9H3,(H,35,36)/t20?,21?,22?,31-/m0/s1. The first-order valence-corrected chi connectivity index (χ1v) is 14.5. The molecule has 0 amide bonds. The number of rotatable bonds is 17. The molecular formula is C31H49NO8. The van der Waals surface area contributed by atoms with E-state index in [4.69, 9.17) is 14.2 Å². The third-order valence-corrected chi connectivity index (χ3v) is 7.27. The van der Waals surface area contributed by atoms with E-state index in [-0.39, 0.29) is 29.9 Å². The lowest BCUT2D eigenvalue weighted by molar-refractivity contribution is -0.191. The highest BCUT2D eigenvalue weighted by Gasteiger charge is 2.46. The van der Waals surface area contributed by atoms with Gasteiger partial charge in [0.1, 0.15) is 0 Å². The molecule has 0 saturated carbocycles. The maximum absolute atomic E-state index is 13.1. The Morgan fingerprint density at radius 2 is 1.40 bits per heavy atom. The van der Waals surface area contributed by atoms with Gasteiger partial charge >= 0.3 is 23.9 Å². The second-order valence-electron chi connectivity index (χ2n) is 11.4. The maximum atomic E-state index is 13.1. The van der Waals surface area contributed by atoms with Gasteiger partial charge in [0.2, 0.25) is 0 Å². The summed E-state index contributed by atoms with van der Waals surface area (Å²) in [6.07, 6.45) is 3.64. The molecule has 0 aliphatic rings. The van der Waals surface area contributed by atoms with Gasteiger partial charge in [-0.25, -0.2) is 4.79 Å². The highest BCUT2D eigenvalue weighted by molar-refractivity contribution is 5.84. The van der Waals surface area contributed by atoms with E-state index in [1.54, 1.807) is 40.7 Å². The molecule has 9 nitrogen and oxygen atoms in total. The molecule has 40 heavy (non-hydrogen) atoms. The van der Waals surface area contributed by atoms with Crippen molar-refractivity contribution in [3.63, 3.8) is 0 Å². The van der Waals surface area contributed by atoms with E-state index in [1.165, 1.54) is 12.1 Å².